The summed E-state index contributed by atoms with van der Waals surface area (Å²) in [4.78, 5) is 52.1. The Labute approximate surface area is 241 Å². The molecule has 4 rings (SSSR count). The Hall–Kier alpha value is -3.96. The van der Waals surface area contributed by atoms with Crippen LogP contribution in [0.25, 0.3) is 6.08 Å². The fraction of sp³-hybridized carbons (Fsp3) is 0.143. The number of carbonyl (C=O) groups excluding carboxylic acids is 4. The van der Waals surface area contributed by atoms with Crippen molar-refractivity contribution in [1.82, 2.24) is 5.32 Å². The zero-order valence-electron chi connectivity index (χ0n) is 21.1. The van der Waals surface area contributed by atoms with Crippen LogP contribution in [0.4, 0.5) is 16.2 Å². The van der Waals surface area contributed by atoms with Crippen LogP contribution in [0, 0.1) is 13.8 Å². The number of benzene rings is 3. The molecular weight excluding hydrogens is 634 g/mol. The average Bonchev–Trinajstić information content (AvgIpc) is 2.89. The number of hydrogen-bond donors (Lipinski definition) is 2. The molecule has 0 bridgehead atoms. The van der Waals surface area contributed by atoms with E-state index in [1.54, 1.807) is 30.3 Å². The lowest BCUT2D eigenvalue weighted by Gasteiger charge is -2.26. The number of urea groups is 1. The lowest BCUT2D eigenvalue weighted by molar-refractivity contribution is -0.122. The number of anilines is 2. The second-order valence-corrected chi connectivity index (χ2v) is 10.3. The van der Waals surface area contributed by atoms with Crippen LogP contribution in [-0.2, 0) is 14.4 Å². The molecule has 0 unspecified atom stereocenters. The van der Waals surface area contributed by atoms with Crippen LogP contribution in [-0.4, -0.2) is 37.5 Å². The van der Waals surface area contributed by atoms with Crippen LogP contribution >= 0.6 is 31.9 Å². The maximum atomic E-state index is 13.3. The molecule has 1 fully saturated rings. The number of barbiturate groups is 1. The van der Waals surface area contributed by atoms with E-state index in [-0.39, 0.29) is 29.5 Å². The van der Waals surface area contributed by atoms with E-state index in [1.807, 2.05) is 26.0 Å². The Bertz CT molecular complexity index is 1520. The summed E-state index contributed by atoms with van der Waals surface area (Å²) in [5.41, 5.74) is 2.95. The molecule has 0 spiro atoms. The van der Waals surface area contributed by atoms with Crippen molar-refractivity contribution in [2.45, 2.75) is 13.8 Å². The Kier molecular flexibility index (Phi) is 8.51. The molecular formula is C28H23Br2N3O6. The number of aryl methyl sites for hydroxylation is 1. The number of imide groups is 2. The van der Waals surface area contributed by atoms with Gasteiger partial charge in [-0.1, -0.05) is 28.1 Å². The maximum Gasteiger partial charge on any atom is 0.335 e. The van der Waals surface area contributed by atoms with Crippen molar-refractivity contribution >= 4 is 73.1 Å². The number of rotatable bonds is 7. The van der Waals surface area contributed by atoms with Gasteiger partial charge in [-0.05, 0) is 89.4 Å². The molecule has 3 aromatic rings. The molecule has 1 aliphatic heterocycles. The summed E-state index contributed by atoms with van der Waals surface area (Å²) < 4.78 is 12.1. The van der Waals surface area contributed by atoms with E-state index in [1.165, 1.54) is 25.3 Å². The molecule has 3 aromatic carbocycles. The summed E-state index contributed by atoms with van der Waals surface area (Å²) in [7, 11) is 1.50. The standard InChI is InChI=1S/C28H23Br2N3O6/c1-15-5-4-6-23(16(15)2)31-24(34)14-39-25-17(11-18(29)13-22(25)30)12-21-26(35)32-28(37)33(27(21)36)19-7-9-20(38-3)10-8-19/h4-13H,14H2,1-3H3,(H,31,34)(H,32,35,37)/b21-12+. The number of nitrogens with one attached hydrogen (secondary N) is 2. The van der Waals surface area contributed by atoms with Gasteiger partial charge in [-0.2, -0.15) is 0 Å². The molecule has 2 N–H and O–H groups in total. The predicted octanol–water partition coefficient (Wildman–Crippen LogP) is 5.52. The van der Waals surface area contributed by atoms with Gasteiger partial charge in [0.25, 0.3) is 17.7 Å². The van der Waals surface area contributed by atoms with E-state index in [2.05, 4.69) is 42.5 Å². The number of ether oxygens (including phenoxy) is 2. The smallest absolute Gasteiger partial charge is 0.335 e. The first-order valence-corrected chi connectivity index (χ1v) is 13.2. The van der Waals surface area contributed by atoms with Gasteiger partial charge in [0, 0.05) is 15.7 Å². The van der Waals surface area contributed by atoms with Gasteiger partial charge < -0.3 is 14.8 Å². The van der Waals surface area contributed by atoms with E-state index < -0.39 is 17.8 Å². The first-order valence-electron chi connectivity index (χ1n) is 11.6. The zero-order chi connectivity index (χ0) is 28.3. The molecule has 200 valence electrons. The van der Waals surface area contributed by atoms with Gasteiger partial charge in [-0.3, -0.25) is 19.7 Å². The van der Waals surface area contributed by atoms with Crippen molar-refractivity contribution in [2.75, 3.05) is 23.9 Å². The summed E-state index contributed by atoms with van der Waals surface area (Å²) in [5, 5.41) is 5.02. The summed E-state index contributed by atoms with van der Waals surface area (Å²) in [6, 6.07) is 14.3. The monoisotopic (exact) mass is 655 g/mol. The molecule has 9 nitrogen and oxygen atoms in total. The highest BCUT2D eigenvalue weighted by atomic mass is 79.9. The van der Waals surface area contributed by atoms with E-state index in [9.17, 15) is 19.2 Å². The molecule has 1 saturated heterocycles. The first-order chi connectivity index (χ1) is 18.6. The largest absolute Gasteiger partial charge is 0.497 e. The summed E-state index contributed by atoms with van der Waals surface area (Å²) in [6.07, 6.45) is 1.31. The fourth-order valence-corrected chi connectivity index (χ4v) is 5.20. The van der Waals surface area contributed by atoms with Crippen molar-refractivity contribution in [3.05, 3.63) is 85.8 Å². The minimum absolute atomic E-state index is 0.232. The minimum Gasteiger partial charge on any atom is -0.497 e. The van der Waals surface area contributed by atoms with E-state index in [0.717, 1.165) is 16.0 Å². The second-order valence-electron chi connectivity index (χ2n) is 8.55. The number of halogens is 2. The van der Waals surface area contributed by atoms with Crippen LogP contribution in [0.5, 0.6) is 11.5 Å². The highest BCUT2D eigenvalue weighted by Gasteiger charge is 2.37. The highest BCUT2D eigenvalue weighted by molar-refractivity contribution is 9.11. The third kappa shape index (κ3) is 6.21. The third-order valence-electron chi connectivity index (χ3n) is 6.00. The van der Waals surface area contributed by atoms with Gasteiger partial charge in [0.15, 0.2) is 6.61 Å². The van der Waals surface area contributed by atoms with Gasteiger partial charge in [0.1, 0.15) is 17.1 Å². The fourth-order valence-electron chi connectivity index (χ4n) is 3.83. The number of hydrogen-bond acceptors (Lipinski definition) is 6. The van der Waals surface area contributed by atoms with Gasteiger partial charge in [0.05, 0.1) is 17.3 Å². The van der Waals surface area contributed by atoms with E-state index in [0.29, 0.717) is 25.9 Å². The second kappa shape index (κ2) is 11.8. The number of nitrogens with zero attached hydrogens (tertiary/aromatic N) is 1. The zero-order valence-corrected chi connectivity index (χ0v) is 24.3. The Balaban J connectivity index is 1.62. The van der Waals surface area contributed by atoms with Crippen molar-refractivity contribution in [2.24, 2.45) is 0 Å². The Morgan fingerprint density at radius 1 is 1.05 bits per heavy atom. The van der Waals surface area contributed by atoms with Crippen LogP contribution in [0.3, 0.4) is 0 Å². The van der Waals surface area contributed by atoms with Crippen molar-refractivity contribution in [3.8, 4) is 11.5 Å². The lowest BCUT2D eigenvalue weighted by atomic mass is 10.1. The van der Waals surface area contributed by atoms with Crippen molar-refractivity contribution < 1.29 is 28.7 Å². The van der Waals surface area contributed by atoms with Crippen LogP contribution in [0.15, 0.2) is 69.1 Å². The van der Waals surface area contributed by atoms with Crippen molar-refractivity contribution in [3.63, 3.8) is 0 Å². The molecule has 0 aromatic heterocycles. The maximum absolute atomic E-state index is 13.3. The summed E-state index contributed by atoms with van der Waals surface area (Å²) in [6.45, 7) is 3.53. The summed E-state index contributed by atoms with van der Waals surface area (Å²) >= 11 is 6.82. The van der Waals surface area contributed by atoms with Crippen LogP contribution in [0.2, 0.25) is 0 Å². The van der Waals surface area contributed by atoms with Crippen LogP contribution in [0.1, 0.15) is 16.7 Å². The van der Waals surface area contributed by atoms with Crippen molar-refractivity contribution in [1.29, 1.82) is 0 Å². The van der Waals surface area contributed by atoms with Gasteiger partial charge in [0.2, 0.25) is 0 Å². The van der Waals surface area contributed by atoms with Gasteiger partial charge >= 0.3 is 6.03 Å². The average molecular weight is 657 g/mol. The Morgan fingerprint density at radius 2 is 1.77 bits per heavy atom. The normalized spacial score (nSPS) is 14.3. The minimum atomic E-state index is -0.873. The molecule has 11 heteroatoms. The highest BCUT2D eigenvalue weighted by Crippen LogP contribution is 2.35. The van der Waals surface area contributed by atoms with E-state index >= 15 is 0 Å². The molecule has 0 atom stereocenters. The third-order valence-corrected chi connectivity index (χ3v) is 7.04. The molecule has 39 heavy (non-hydrogen) atoms. The number of methoxy groups -OCH3 is 1. The topological polar surface area (TPSA) is 114 Å². The molecule has 0 saturated carbocycles. The molecule has 1 aliphatic rings. The molecule has 0 radical (unpaired) electrons. The number of carbonyl (C=O) groups is 4. The van der Waals surface area contributed by atoms with Gasteiger partial charge in [-0.15, -0.1) is 0 Å². The van der Waals surface area contributed by atoms with Crippen LogP contribution < -0.4 is 25.0 Å². The van der Waals surface area contributed by atoms with Gasteiger partial charge in [-0.25, -0.2) is 9.69 Å². The number of amides is 5. The lowest BCUT2D eigenvalue weighted by Crippen LogP contribution is -2.54. The predicted molar refractivity (Wildman–Crippen MR) is 154 cm³/mol. The SMILES string of the molecule is COc1ccc(N2C(=O)NC(=O)/C(=C\c3cc(Br)cc(Br)c3OCC(=O)Nc3cccc(C)c3C)C2=O)cc1. The molecule has 1 heterocycles. The van der Waals surface area contributed by atoms with E-state index in [4.69, 9.17) is 9.47 Å². The molecule has 5 amide bonds. The summed E-state index contributed by atoms with van der Waals surface area (Å²) in [5.74, 6) is -1.29. The quantitative estimate of drug-likeness (QED) is 0.256. The first kappa shape index (κ1) is 28.1. The molecule has 0 aliphatic carbocycles. The Morgan fingerprint density at radius 3 is 2.46 bits per heavy atom.